The topological polar surface area (TPSA) is 52.0 Å². The van der Waals surface area contributed by atoms with Crippen LogP contribution in [0.5, 0.6) is 5.75 Å². The number of nitrogens with one attached hydrogen (secondary N) is 1. The quantitative estimate of drug-likeness (QED) is 0.761. The van der Waals surface area contributed by atoms with Gasteiger partial charge in [-0.1, -0.05) is 0 Å². The van der Waals surface area contributed by atoms with Crippen molar-refractivity contribution in [1.29, 1.82) is 0 Å². The van der Waals surface area contributed by atoms with Crippen LogP contribution in [0.3, 0.4) is 0 Å². The minimum atomic E-state index is 0.784. The van der Waals surface area contributed by atoms with Crippen molar-refractivity contribution in [3.63, 3.8) is 0 Å². The molecule has 2 aromatic rings. The molecule has 0 atom stereocenters. The van der Waals surface area contributed by atoms with Crippen LogP contribution < -0.4 is 10.1 Å². The number of rotatable bonds is 7. The average Bonchev–Trinajstić information content (AvgIpc) is 2.92. The highest BCUT2D eigenvalue weighted by Gasteiger charge is 2.01. The van der Waals surface area contributed by atoms with Crippen LogP contribution in [0.25, 0.3) is 0 Å². The van der Waals surface area contributed by atoms with Gasteiger partial charge in [0, 0.05) is 31.7 Å². The van der Waals surface area contributed by atoms with E-state index in [-0.39, 0.29) is 0 Å². The van der Waals surface area contributed by atoms with Gasteiger partial charge in [0.15, 0.2) is 11.6 Å². The molecule has 0 radical (unpaired) electrons. The molecule has 2 aromatic heterocycles. The highest BCUT2D eigenvalue weighted by atomic mass is 16.5. The summed E-state index contributed by atoms with van der Waals surface area (Å²) in [6.07, 6.45) is 9.58. The van der Waals surface area contributed by atoms with Gasteiger partial charge in [0.05, 0.1) is 13.4 Å². The van der Waals surface area contributed by atoms with Gasteiger partial charge in [0.25, 0.3) is 0 Å². The van der Waals surface area contributed by atoms with Crippen LogP contribution in [-0.2, 0) is 6.54 Å². The van der Waals surface area contributed by atoms with Gasteiger partial charge in [0.2, 0.25) is 0 Å². The molecule has 2 rings (SSSR count). The van der Waals surface area contributed by atoms with Gasteiger partial charge in [-0.2, -0.15) is 0 Å². The molecule has 0 aliphatic carbocycles. The molecule has 1 N–H and O–H groups in total. The monoisotopic (exact) mass is 246 g/mol. The zero-order valence-corrected chi connectivity index (χ0v) is 10.5. The first-order chi connectivity index (χ1) is 8.90. The summed E-state index contributed by atoms with van der Waals surface area (Å²) < 4.78 is 7.31. The predicted molar refractivity (Wildman–Crippen MR) is 70.7 cm³/mol. The maximum Gasteiger partial charge on any atom is 0.168 e. The number of hydrogen-bond donors (Lipinski definition) is 1. The van der Waals surface area contributed by atoms with Gasteiger partial charge in [-0.05, 0) is 25.0 Å². The van der Waals surface area contributed by atoms with Crippen molar-refractivity contribution >= 4 is 5.82 Å². The second-order valence-electron chi connectivity index (χ2n) is 3.99. The molecule has 0 fully saturated rings. The molecule has 0 saturated heterocycles. The van der Waals surface area contributed by atoms with Gasteiger partial charge in [-0.15, -0.1) is 0 Å². The van der Waals surface area contributed by atoms with E-state index in [1.807, 2.05) is 24.7 Å². The Labute approximate surface area is 107 Å². The third-order valence-electron chi connectivity index (χ3n) is 2.69. The van der Waals surface area contributed by atoms with Crippen LogP contribution in [-0.4, -0.2) is 28.2 Å². The summed E-state index contributed by atoms with van der Waals surface area (Å²) in [4.78, 5) is 8.26. The van der Waals surface area contributed by atoms with Crippen molar-refractivity contribution in [1.82, 2.24) is 14.5 Å². The number of anilines is 1. The zero-order chi connectivity index (χ0) is 12.6. The molecular formula is C13H18N4O. The summed E-state index contributed by atoms with van der Waals surface area (Å²) in [6.45, 7) is 1.89. The normalized spacial score (nSPS) is 10.3. The second kappa shape index (κ2) is 6.64. The molecular weight excluding hydrogens is 228 g/mol. The molecule has 0 bridgehead atoms. The lowest BCUT2D eigenvalue weighted by Gasteiger charge is -2.09. The Balaban J connectivity index is 1.69. The minimum absolute atomic E-state index is 0.784. The first kappa shape index (κ1) is 12.4. The lowest BCUT2D eigenvalue weighted by Crippen LogP contribution is -2.06. The number of aryl methyl sites for hydroxylation is 1. The lowest BCUT2D eigenvalue weighted by molar-refractivity contribution is 0.414. The van der Waals surface area contributed by atoms with Crippen LogP contribution in [0.15, 0.2) is 37.1 Å². The number of methoxy groups -OCH3 is 1. The lowest BCUT2D eigenvalue weighted by atomic mass is 10.3. The summed E-state index contributed by atoms with van der Waals surface area (Å²) in [5.74, 6) is 1.59. The molecule has 0 aromatic carbocycles. The number of aromatic nitrogens is 3. The Hall–Kier alpha value is -2.04. The van der Waals surface area contributed by atoms with Crippen molar-refractivity contribution in [2.75, 3.05) is 19.0 Å². The van der Waals surface area contributed by atoms with Gasteiger partial charge in [-0.25, -0.2) is 9.97 Å². The number of hydrogen-bond acceptors (Lipinski definition) is 4. The molecule has 5 nitrogen and oxygen atoms in total. The van der Waals surface area contributed by atoms with E-state index in [1.54, 1.807) is 19.5 Å². The van der Waals surface area contributed by atoms with E-state index in [0.29, 0.717) is 0 Å². The van der Waals surface area contributed by atoms with Gasteiger partial charge in [0.1, 0.15) is 0 Å². The summed E-state index contributed by atoms with van der Waals surface area (Å²) >= 11 is 0. The molecule has 5 heteroatoms. The van der Waals surface area contributed by atoms with E-state index >= 15 is 0 Å². The molecule has 0 saturated carbocycles. The second-order valence-corrected chi connectivity index (χ2v) is 3.99. The number of pyridine rings is 1. The summed E-state index contributed by atoms with van der Waals surface area (Å²) in [7, 11) is 1.65. The van der Waals surface area contributed by atoms with Crippen molar-refractivity contribution < 1.29 is 4.74 Å². The smallest absolute Gasteiger partial charge is 0.168 e. The van der Waals surface area contributed by atoms with Crippen molar-refractivity contribution in [3.05, 3.63) is 37.1 Å². The van der Waals surface area contributed by atoms with Gasteiger partial charge in [-0.3, -0.25) is 0 Å². The molecule has 0 amide bonds. The van der Waals surface area contributed by atoms with E-state index < -0.39 is 0 Å². The fourth-order valence-corrected chi connectivity index (χ4v) is 1.73. The third kappa shape index (κ3) is 3.48. The Kier molecular flexibility index (Phi) is 4.58. The highest BCUT2D eigenvalue weighted by Crippen LogP contribution is 2.19. The summed E-state index contributed by atoms with van der Waals surface area (Å²) in [5.41, 5.74) is 0. The van der Waals surface area contributed by atoms with Crippen LogP contribution >= 0.6 is 0 Å². The average molecular weight is 246 g/mol. The van der Waals surface area contributed by atoms with E-state index in [4.69, 9.17) is 4.74 Å². The predicted octanol–water partition coefficient (Wildman–Crippen LogP) is 2.18. The third-order valence-corrected chi connectivity index (χ3v) is 2.69. The van der Waals surface area contributed by atoms with Crippen molar-refractivity contribution in [2.45, 2.75) is 19.4 Å². The van der Waals surface area contributed by atoms with E-state index in [0.717, 1.165) is 37.5 Å². The van der Waals surface area contributed by atoms with Crippen LogP contribution in [0, 0.1) is 0 Å². The first-order valence-electron chi connectivity index (χ1n) is 6.09. The molecule has 96 valence electrons. The Morgan fingerprint density at radius 3 is 3.06 bits per heavy atom. The van der Waals surface area contributed by atoms with Crippen LogP contribution in [0.1, 0.15) is 12.8 Å². The maximum atomic E-state index is 5.22. The molecule has 0 unspecified atom stereocenters. The van der Waals surface area contributed by atoms with E-state index in [2.05, 4.69) is 19.9 Å². The Bertz CT molecular complexity index is 456. The molecule has 2 heterocycles. The van der Waals surface area contributed by atoms with Crippen LogP contribution in [0.4, 0.5) is 5.82 Å². The van der Waals surface area contributed by atoms with Crippen molar-refractivity contribution in [2.24, 2.45) is 0 Å². The van der Waals surface area contributed by atoms with Gasteiger partial charge >= 0.3 is 0 Å². The number of imidazole rings is 1. The minimum Gasteiger partial charge on any atom is -0.493 e. The number of ether oxygens (including phenoxy) is 1. The van der Waals surface area contributed by atoms with Crippen LogP contribution in [0.2, 0.25) is 0 Å². The maximum absolute atomic E-state index is 5.22. The summed E-state index contributed by atoms with van der Waals surface area (Å²) in [5, 5.41) is 3.28. The van der Waals surface area contributed by atoms with E-state index in [9.17, 15) is 0 Å². The highest BCUT2D eigenvalue weighted by molar-refractivity contribution is 5.49. The first-order valence-corrected chi connectivity index (χ1v) is 6.09. The molecule has 0 spiro atoms. The van der Waals surface area contributed by atoms with Crippen molar-refractivity contribution in [3.8, 4) is 5.75 Å². The summed E-state index contributed by atoms with van der Waals surface area (Å²) in [6, 6.07) is 3.77. The molecule has 18 heavy (non-hydrogen) atoms. The number of nitrogens with zero attached hydrogens (tertiary/aromatic N) is 3. The molecule has 0 aliphatic heterocycles. The SMILES string of the molecule is COc1cccnc1NCCCCn1ccnc1. The fourth-order valence-electron chi connectivity index (χ4n) is 1.73. The standard InChI is InChI=1S/C13H18N4O/c1-18-12-5-4-7-16-13(12)15-6-2-3-9-17-10-8-14-11-17/h4-5,7-8,10-11H,2-3,6,9H2,1H3,(H,15,16). The van der Waals surface area contributed by atoms with E-state index in [1.165, 1.54) is 0 Å². The number of unbranched alkanes of at least 4 members (excludes halogenated alkanes) is 1. The Morgan fingerprint density at radius 1 is 1.33 bits per heavy atom. The molecule has 0 aliphatic rings. The fraction of sp³-hybridized carbons (Fsp3) is 0.385. The largest absolute Gasteiger partial charge is 0.493 e. The zero-order valence-electron chi connectivity index (χ0n) is 10.5. The van der Waals surface area contributed by atoms with Gasteiger partial charge < -0.3 is 14.6 Å². The Morgan fingerprint density at radius 2 is 2.28 bits per heavy atom.